The fourth-order valence-corrected chi connectivity index (χ4v) is 2.05. The number of likely N-dealkylation sites (tertiary alicyclic amines) is 1. The molecule has 1 saturated heterocycles. The highest BCUT2D eigenvalue weighted by atomic mass is 16.3. The molecule has 1 aliphatic rings. The number of hydrogen-bond donors (Lipinski definition) is 1. The van der Waals surface area contributed by atoms with Gasteiger partial charge in [0.25, 0.3) is 0 Å². The van der Waals surface area contributed by atoms with E-state index in [2.05, 4.69) is 9.88 Å². The molecule has 1 N–H and O–H groups in total. The van der Waals surface area contributed by atoms with Gasteiger partial charge in [-0.25, -0.2) is 0 Å². The monoisotopic (exact) mass is 206 g/mol. The molecule has 1 atom stereocenters. The molecule has 1 fully saturated rings. The van der Waals surface area contributed by atoms with Crippen LogP contribution in [-0.2, 0) is 6.42 Å². The Morgan fingerprint density at radius 2 is 2.40 bits per heavy atom. The maximum Gasteiger partial charge on any atom is 0.0758 e. The predicted octanol–water partition coefficient (Wildman–Crippen LogP) is 1.08. The van der Waals surface area contributed by atoms with Crippen LogP contribution in [0.2, 0.25) is 0 Å². The van der Waals surface area contributed by atoms with Gasteiger partial charge in [0.05, 0.1) is 5.60 Å². The van der Waals surface area contributed by atoms with E-state index in [9.17, 15) is 5.11 Å². The van der Waals surface area contributed by atoms with E-state index in [1.165, 1.54) is 0 Å². The highest BCUT2D eigenvalue weighted by molar-refractivity contribution is 5.04. The molecule has 15 heavy (non-hydrogen) atoms. The lowest BCUT2D eigenvalue weighted by molar-refractivity contribution is 0.0689. The molecule has 82 valence electrons. The van der Waals surface area contributed by atoms with E-state index in [1.807, 2.05) is 31.3 Å². The van der Waals surface area contributed by atoms with Crippen LogP contribution in [-0.4, -0.2) is 40.2 Å². The zero-order valence-corrected chi connectivity index (χ0v) is 9.19. The topological polar surface area (TPSA) is 36.4 Å². The van der Waals surface area contributed by atoms with Crippen molar-refractivity contribution in [3.63, 3.8) is 0 Å². The first-order chi connectivity index (χ1) is 7.16. The van der Waals surface area contributed by atoms with Crippen LogP contribution in [0.4, 0.5) is 0 Å². The Balaban J connectivity index is 1.80. The lowest BCUT2D eigenvalue weighted by atomic mass is 10.1. The summed E-state index contributed by atoms with van der Waals surface area (Å²) < 4.78 is 0. The summed E-state index contributed by atoms with van der Waals surface area (Å²) in [6.07, 6.45) is 3.68. The summed E-state index contributed by atoms with van der Waals surface area (Å²) in [5.74, 6) is 0. The van der Waals surface area contributed by atoms with Crippen LogP contribution in [0.5, 0.6) is 0 Å². The van der Waals surface area contributed by atoms with Gasteiger partial charge in [0.1, 0.15) is 0 Å². The van der Waals surface area contributed by atoms with Gasteiger partial charge in [-0.2, -0.15) is 0 Å². The number of aliphatic hydroxyl groups is 1. The minimum absolute atomic E-state index is 0.482. The summed E-state index contributed by atoms with van der Waals surface area (Å²) in [6.45, 7) is 4.70. The van der Waals surface area contributed by atoms with Crippen LogP contribution in [0.15, 0.2) is 24.4 Å². The summed E-state index contributed by atoms with van der Waals surface area (Å²) in [4.78, 5) is 6.59. The van der Waals surface area contributed by atoms with Crippen molar-refractivity contribution in [2.45, 2.75) is 25.4 Å². The normalized spacial score (nSPS) is 27.1. The Morgan fingerprint density at radius 3 is 3.00 bits per heavy atom. The van der Waals surface area contributed by atoms with Gasteiger partial charge in [0.15, 0.2) is 0 Å². The summed E-state index contributed by atoms with van der Waals surface area (Å²) >= 11 is 0. The maximum absolute atomic E-state index is 9.80. The molecule has 0 aromatic carbocycles. The maximum atomic E-state index is 9.80. The van der Waals surface area contributed by atoms with Gasteiger partial charge in [-0.05, 0) is 25.5 Å². The molecule has 1 aromatic heterocycles. The average Bonchev–Trinajstić information content (AvgIpc) is 2.57. The van der Waals surface area contributed by atoms with E-state index < -0.39 is 5.60 Å². The Labute approximate surface area is 90.8 Å². The largest absolute Gasteiger partial charge is 0.389 e. The third-order valence-corrected chi connectivity index (χ3v) is 2.94. The van der Waals surface area contributed by atoms with Gasteiger partial charge in [0, 0.05) is 37.9 Å². The van der Waals surface area contributed by atoms with Crippen LogP contribution in [0.1, 0.15) is 19.0 Å². The minimum atomic E-state index is -0.482. The van der Waals surface area contributed by atoms with E-state index in [0.29, 0.717) is 0 Å². The second-order valence-electron chi connectivity index (χ2n) is 4.59. The molecule has 1 unspecified atom stereocenters. The molecule has 0 bridgehead atoms. The zero-order chi connectivity index (χ0) is 10.7. The third kappa shape index (κ3) is 3.01. The number of pyridine rings is 1. The van der Waals surface area contributed by atoms with Gasteiger partial charge in [-0.3, -0.25) is 9.88 Å². The van der Waals surface area contributed by atoms with Crippen LogP contribution >= 0.6 is 0 Å². The fourth-order valence-electron chi connectivity index (χ4n) is 2.05. The predicted molar refractivity (Wildman–Crippen MR) is 59.6 cm³/mol. The van der Waals surface area contributed by atoms with E-state index in [1.54, 1.807) is 0 Å². The van der Waals surface area contributed by atoms with E-state index in [0.717, 1.165) is 38.2 Å². The summed E-state index contributed by atoms with van der Waals surface area (Å²) in [6, 6.07) is 6.00. The smallest absolute Gasteiger partial charge is 0.0758 e. The summed E-state index contributed by atoms with van der Waals surface area (Å²) in [7, 11) is 0. The number of β-amino-alcohol motifs (C(OH)–C–C–N with tert-alkyl or cyclic N) is 1. The zero-order valence-electron chi connectivity index (χ0n) is 9.19. The molecule has 0 amide bonds. The first-order valence-corrected chi connectivity index (χ1v) is 5.50. The quantitative estimate of drug-likeness (QED) is 0.804. The van der Waals surface area contributed by atoms with Gasteiger partial charge >= 0.3 is 0 Å². The van der Waals surface area contributed by atoms with Crippen molar-refractivity contribution in [2.75, 3.05) is 19.6 Å². The lowest BCUT2D eigenvalue weighted by Gasteiger charge is -2.18. The SMILES string of the molecule is CC1(O)CCN(CCc2ccccn2)C1. The third-order valence-electron chi connectivity index (χ3n) is 2.94. The molecule has 0 aliphatic carbocycles. The number of nitrogens with zero attached hydrogens (tertiary/aromatic N) is 2. The number of rotatable bonds is 3. The van der Waals surface area contributed by atoms with Gasteiger partial charge in [-0.1, -0.05) is 6.07 Å². The first kappa shape index (κ1) is 10.6. The molecule has 1 aromatic rings. The van der Waals surface area contributed by atoms with E-state index in [4.69, 9.17) is 0 Å². The molecule has 0 radical (unpaired) electrons. The van der Waals surface area contributed by atoms with Crippen molar-refractivity contribution in [3.8, 4) is 0 Å². The van der Waals surface area contributed by atoms with Crippen molar-refractivity contribution in [1.29, 1.82) is 0 Å². The Hall–Kier alpha value is -0.930. The number of hydrogen-bond acceptors (Lipinski definition) is 3. The minimum Gasteiger partial charge on any atom is -0.389 e. The van der Waals surface area contributed by atoms with E-state index >= 15 is 0 Å². The van der Waals surface area contributed by atoms with Gasteiger partial charge in [0.2, 0.25) is 0 Å². The molecular formula is C12H18N2O. The van der Waals surface area contributed by atoms with Crippen molar-refractivity contribution >= 4 is 0 Å². The van der Waals surface area contributed by atoms with Crippen LogP contribution in [0, 0.1) is 0 Å². The second kappa shape index (κ2) is 4.29. The standard InChI is InChI=1S/C12H18N2O/c1-12(15)6-9-14(10-12)8-5-11-4-2-3-7-13-11/h2-4,7,15H,5-6,8-10H2,1H3. The highest BCUT2D eigenvalue weighted by Gasteiger charge is 2.30. The van der Waals surface area contributed by atoms with Crippen molar-refractivity contribution in [2.24, 2.45) is 0 Å². The highest BCUT2D eigenvalue weighted by Crippen LogP contribution is 2.19. The fraction of sp³-hybridized carbons (Fsp3) is 0.583. The number of aromatic nitrogens is 1. The molecule has 0 spiro atoms. The molecule has 2 rings (SSSR count). The van der Waals surface area contributed by atoms with Gasteiger partial charge < -0.3 is 5.11 Å². The first-order valence-electron chi connectivity index (χ1n) is 5.50. The second-order valence-corrected chi connectivity index (χ2v) is 4.59. The molecule has 3 heteroatoms. The van der Waals surface area contributed by atoms with E-state index in [-0.39, 0.29) is 0 Å². The Morgan fingerprint density at radius 1 is 1.53 bits per heavy atom. The van der Waals surface area contributed by atoms with Crippen LogP contribution in [0.25, 0.3) is 0 Å². The Bertz CT molecular complexity index is 311. The summed E-state index contributed by atoms with van der Waals surface area (Å²) in [5.41, 5.74) is 0.647. The molecule has 2 heterocycles. The van der Waals surface area contributed by atoms with Crippen molar-refractivity contribution < 1.29 is 5.11 Å². The van der Waals surface area contributed by atoms with Gasteiger partial charge in [-0.15, -0.1) is 0 Å². The lowest BCUT2D eigenvalue weighted by Crippen LogP contribution is -2.30. The molecule has 0 saturated carbocycles. The molecule has 1 aliphatic heterocycles. The Kier molecular flexibility index (Phi) is 3.03. The molecular weight excluding hydrogens is 188 g/mol. The van der Waals surface area contributed by atoms with Crippen molar-refractivity contribution in [3.05, 3.63) is 30.1 Å². The van der Waals surface area contributed by atoms with Crippen molar-refractivity contribution in [1.82, 2.24) is 9.88 Å². The van der Waals surface area contributed by atoms with Crippen LogP contribution in [0.3, 0.4) is 0 Å². The summed E-state index contributed by atoms with van der Waals surface area (Å²) in [5, 5.41) is 9.80. The van der Waals surface area contributed by atoms with Crippen LogP contribution < -0.4 is 0 Å². The molecule has 3 nitrogen and oxygen atoms in total. The average molecular weight is 206 g/mol.